The molecule has 2 heterocycles. The Bertz CT molecular complexity index is 720. The topological polar surface area (TPSA) is 64.2 Å². The fraction of sp³-hybridized carbons (Fsp3) is 0.474. The highest BCUT2D eigenvalue weighted by Crippen LogP contribution is 2.22. The number of aromatic nitrogens is 2. The van der Waals surface area contributed by atoms with Crippen molar-refractivity contribution >= 4 is 5.91 Å². The molecule has 1 amide bonds. The number of carbonyl (C=O) groups is 1. The van der Waals surface area contributed by atoms with Crippen molar-refractivity contribution < 1.29 is 4.79 Å². The number of nitrogens with zero attached hydrogens (tertiary/aromatic N) is 3. The van der Waals surface area contributed by atoms with Gasteiger partial charge in [-0.3, -0.25) is 4.79 Å². The fourth-order valence-electron chi connectivity index (χ4n) is 3.53. The predicted molar refractivity (Wildman–Crippen MR) is 95.3 cm³/mol. The third-order valence-corrected chi connectivity index (χ3v) is 4.87. The van der Waals surface area contributed by atoms with Crippen LogP contribution in [0.25, 0.3) is 5.69 Å². The van der Waals surface area contributed by atoms with Crippen molar-refractivity contribution in [2.24, 2.45) is 11.7 Å². The van der Waals surface area contributed by atoms with E-state index < -0.39 is 0 Å². The van der Waals surface area contributed by atoms with Crippen molar-refractivity contribution in [3.63, 3.8) is 0 Å². The largest absolute Gasteiger partial charge is 0.338 e. The van der Waals surface area contributed by atoms with Gasteiger partial charge in [-0.15, -0.1) is 0 Å². The molecule has 1 saturated heterocycles. The number of carbonyl (C=O) groups excluding carboxylic acids is 1. The summed E-state index contributed by atoms with van der Waals surface area (Å²) >= 11 is 0. The van der Waals surface area contributed by atoms with Gasteiger partial charge >= 0.3 is 0 Å². The number of likely N-dealkylation sites (tertiary alicyclic amines) is 1. The number of nitrogens with two attached hydrogens (primary N) is 1. The number of hydrogen-bond acceptors (Lipinski definition) is 3. The van der Waals surface area contributed by atoms with E-state index in [2.05, 4.69) is 24.2 Å². The van der Waals surface area contributed by atoms with Gasteiger partial charge in [-0.1, -0.05) is 12.1 Å². The van der Waals surface area contributed by atoms with Crippen molar-refractivity contribution in [3.05, 3.63) is 47.3 Å². The first-order valence-corrected chi connectivity index (χ1v) is 8.71. The lowest BCUT2D eigenvalue weighted by atomic mass is 9.94. The second-order valence-electron chi connectivity index (χ2n) is 6.73. The Morgan fingerprint density at radius 3 is 2.96 bits per heavy atom. The van der Waals surface area contributed by atoms with Crippen molar-refractivity contribution in [1.29, 1.82) is 0 Å². The molecular weight excluding hydrogens is 300 g/mol. The first-order valence-electron chi connectivity index (χ1n) is 8.71. The Kier molecular flexibility index (Phi) is 5.00. The molecule has 5 heteroatoms. The van der Waals surface area contributed by atoms with Crippen LogP contribution in [0.15, 0.2) is 30.5 Å². The zero-order chi connectivity index (χ0) is 17.1. The minimum absolute atomic E-state index is 0.0909. The molecule has 1 atom stereocenters. The average Bonchev–Trinajstić information content (AvgIpc) is 2.96. The predicted octanol–water partition coefficient (Wildman–Crippen LogP) is 2.69. The maximum atomic E-state index is 12.9. The highest BCUT2D eigenvalue weighted by molar-refractivity contribution is 5.95. The molecule has 2 N–H and O–H groups in total. The first-order chi connectivity index (χ1) is 11.6. The summed E-state index contributed by atoms with van der Waals surface area (Å²) in [6.07, 6.45) is 4.92. The van der Waals surface area contributed by atoms with E-state index in [9.17, 15) is 4.79 Å². The van der Waals surface area contributed by atoms with Crippen LogP contribution in [0.4, 0.5) is 0 Å². The molecule has 1 aliphatic heterocycles. The standard InChI is InChI=1S/C19H26N4O/c1-14-5-3-7-17(11-14)23-15(2)18(12-21-23)19(24)22-10-4-6-16(13-22)8-9-20/h3,5,7,11-12,16H,4,6,8-10,13,20H2,1-2H3. The van der Waals surface area contributed by atoms with Gasteiger partial charge in [0.2, 0.25) is 0 Å². The first kappa shape index (κ1) is 16.7. The van der Waals surface area contributed by atoms with Gasteiger partial charge in [0.1, 0.15) is 0 Å². The Hall–Kier alpha value is -2.14. The van der Waals surface area contributed by atoms with Gasteiger partial charge in [0.25, 0.3) is 5.91 Å². The molecule has 1 unspecified atom stereocenters. The lowest BCUT2D eigenvalue weighted by Gasteiger charge is -2.32. The lowest BCUT2D eigenvalue weighted by molar-refractivity contribution is 0.0668. The summed E-state index contributed by atoms with van der Waals surface area (Å²) in [6, 6.07) is 8.15. The van der Waals surface area contributed by atoms with Crippen molar-refractivity contribution in [2.45, 2.75) is 33.1 Å². The van der Waals surface area contributed by atoms with E-state index in [1.807, 2.05) is 28.6 Å². The van der Waals surface area contributed by atoms with Crippen LogP contribution in [0.1, 0.15) is 40.9 Å². The molecule has 0 bridgehead atoms. The zero-order valence-corrected chi connectivity index (χ0v) is 14.5. The summed E-state index contributed by atoms with van der Waals surface area (Å²) in [6.45, 7) is 6.35. The van der Waals surface area contributed by atoms with Crippen molar-refractivity contribution in [3.8, 4) is 5.69 Å². The summed E-state index contributed by atoms with van der Waals surface area (Å²) in [5, 5.41) is 4.45. The van der Waals surface area contributed by atoms with E-state index in [-0.39, 0.29) is 5.91 Å². The van der Waals surface area contributed by atoms with E-state index >= 15 is 0 Å². The Labute approximate surface area is 143 Å². The molecule has 0 radical (unpaired) electrons. The van der Waals surface area contributed by atoms with Crippen LogP contribution >= 0.6 is 0 Å². The van der Waals surface area contributed by atoms with E-state index in [0.717, 1.165) is 37.3 Å². The Morgan fingerprint density at radius 1 is 1.38 bits per heavy atom. The number of rotatable bonds is 4. The normalized spacial score (nSPS) is 18.0. The van der Waals surface area contributed by atoms with E-state index in [1.54, 1.807) is 6.20 Å². The minimum Gasteiger partial charge on any atom is -0.338 e. The highest BCUT2D eigenvalue weighted by atomic mass is 16.2. The number of piperidine rings is 1. The molecule has 5 nitrogen and oxygen atoms in total. The van der Waals surface area contributed by atoms with E-state index in [1.165, 1.54) is 12.0 Å². The molecule has 0 saturated carbocycles. The number of amides is 1. The monoisotopic (exact) mass is 326 g/mol. The van der Waals surface area contributed by atoms with Gasteiger partial charge < -0.3 is 10.6 Å². The Morgan fingerprint density at radius 2 is 2.21 bits per heavy atom. The second-order valence-corrected chi connectivity index (χ2v) is 6.73. The smallest absolute Gasteiger partial charge is 0.257 e. The van der Waals surface area contributed by atoms with Gasteiger partial charge in [-0.25, -0.2) is 4.68 Å². The van der Waals surface area contributed by atoms with Crippen LogP contribution in [0.3, 0.4) is 0 Å². The third-order valence-electron chi connectivity index (χ3n) is 4.87. The summed E-state index contributed by atoms with van der Waals surface area (Å²) in [7, 11) is 0. The summed E-state index contributed by atoms with van der Waals surface area (Å²) in [5.74, 6) is 0.618. The van der Waals surface area contributed by atoms with Gasteiger partial charge in [0, 0.05) is 13.1 Å². The van der Waals surface area contributed by atoms with Crippen LogP contribution in [0.2, 0.25) is 0 Å². The van der Waals surface area contributed by atoms with Crippen LogP contribution < -0.4 is 5.73 Å². The quantitative estimate of drug-likeness (QED) is 0.939. The van der Waals surface area contributed by atoms with Crippen LogP contribution in [0, 0.1) is 19.8 Å². The molecule has 2 aromatic rings. The zero-order valence-electron chi connectivity index (χ0n) is 14.5. The third kappa shape index (κ3) is 3.36. The van der Waals surface area contributed by atoms with Crippen LogP contribution in [-0.4, -0.2) is 40.2 Å². The van der Waals surface area contributed by atoms with Gasteiger partial charge in [-0.05, 0) is 63.3 Å². The molecular formula is C19H26N4O. The number of hydrogen-bond donors (Lipinski definition) is 1. The molecule has 1 aromatic heterocycles. The van der Waals surface area contributed by atoms with Gasteiger partial charge in [-0.2, -0.15) is 5.10 Å². The van der Waals surface area contributed by atoms with Gasteiger partial charge in [0.05, 0.1) is 23.1 Å². The van der Waals surface area contributed by atoms with Crippen molar-refractivity contribution in [2.75, 3.05) is 19.6 Å². The highest BCUT2D eigenvalue weighted by Gasteiger charge is 2.26. The average molecular weight is 326 g/mol. The lowest BCUT2D eigenvalue weighted by Crippen LogP contribution is -2.40. The summed E-state index contributed by atoms with van der Waals surface area (Å²) < 4.78 is 1.85. The Balaban J connectivity index is 1.81. The molecule has 3 rings (SSSR count). The van der Waals surface area contributed by atoms with Crippen LogP contribution in [-0.2, 0) is 0 Å². The van der Waals surface area contributed by atoms with Crippen molar-refractivity contribution in [1.82, 2.24) is 14.7 Å². The summed E-state index contributed by atoms with van der Waals surface area (Å²) in [4.78, 5) is 14.9. The fourth-order valence-corrected chi connectivity index (χ4v) is 3.53. The minimum atomic E-state index is 0.0909. The number of aryl methyl sites for hydroxylation is 1. The maximum Gasteiger partial charge on any atom is 0.257 e. The maximum absolute atomic E-state index is 12.9. The second kappa shape index (κ2) is 7.18. The molecule has 128 valence electrons. The van der Waals surface area contributed by atoms with Gasteiger partial charge in [0.15, 0.2) is 0 Å². The molecule has 0 spiro atoms. The molecule has 24 heavy (non-hydrogen) atoms. The van der Waals surface area contributed by atoms with Crippen LogP contribution in [0.5, 0.6) is 0 Å². The van der Waals surface area contributed by atoms with E-state index in [0.29, 0.717) is 18.0 Å². The van der Waals surface area contributed by atoms with E-state index in [4.69, 9.17) is 5.73 Å². The molecule has 0 aliphatic carbocycles. The molecule has 1 fully saturated rings. The molecule has 1 aromatic carbocycles. The summed E-state index contributed by atoms with van der Waals surface area (Å²) in [5.41, 5.74) is 9.44. The molecule has 1 aliphatic rings. The SMILES string of the molecule is Cc1cccc(-n2ncc(C(=O)N3CCCC(CCN)C3)c2C)c1. The number of benzene rings is 1.